The molecule has 3 aromatic rings. The lowest BCUT2D eigenvalue weighted by molar-refractivity contribution is -0.125. The molecule has 2 aromatic carbocycles. The Kier molecular flexibility index (Phi) is 4.79. The van der Waals surface area contributed by atoms with Crippen molar-refractivity contribution in [3.8, 4) is 6.07 Å². The second-order valence-corrected chi connectivity index (χ2v) is 8.19. The number of para-hydroxylation sites is 1. The lowest BCUT2D eigenvalue weighted by Gasteiger charge is -2.36. The minimum absolute atomic E-state index is 0.282. The highest BCUT2D eigenvalue weighted by Crippen LogP contribution is 2.55. The van der Waals surface area contributed by atoms with Crippen LogP contribution in [0.25, 0.3) is 6.08 Å². The summed E-state index contributed by atoms with van der Waals surface area (Å²) in [5.41, 5.74) is 6.67. The average Bonchev–Trinajstić information content (AvgIpc) is 3.16. The summed E-state index contributed by atoms with van der Waals surface area (Å²) >= 11 is 0. The number of hydrogen-bond acceptors (Lipinski definition) is 5. The molecule has 1 saturated heterocycles. The number of nitrogens with zero attached hydrogens (tertiary/aromatic N) is 3. The number of hydrogen-bond donors (Lipinski definition) is 1. The molecule has 1 amide bonds. The van der Waals surface area contributed by atoms with E-state index < -0.39 is 35.1 Å². The average molecular weight is 438 g/mol. The Morgan fingerprint density at radius 2 is 1.76 bits per heavy atom. The van der Waals surface area contributed by atoms with Crippen LogP contribution in [0.3, 0.4) is 0 Å². The van der Waals surface area contributed by atoms with E-state index >= 15 is 0 Å². The van der Waals surface area contributed by atoms with E-state index in [-0.39, 0.29) is 11.3 Å². The van der Waals surface area contributed by atoms with Crippen molar-refractivity contribution in [2.45, 2.75) is 18.0 Å². The molecule has 33 heavy (non-hydrogen) atoms. The molecule has 1 aromatic heterocycles. The molecule has 3 heterocycles. The number of carbonyl (C=O) groups excluding carboxylic acids is 2. The van der Waals surface area contributed by atoms with Crippen LogP contribution in [0, 0.1) is 22.6 Å². The van der Waals surface area contributed by atoms with Crippen LogP contribution < -0.4 is 10.6 Å². The fraction of sp³-hybridized carbons (Fsp3) is 0.154. The number of nitrogens with two attached hydrogens (primary N) is 1. The summed E-state index contributed by atoms with van der Waals surface area (Å²) in [6, 6.07) is 16.6. The number of amides is 1. The summed E-state index contributed by atoms with van der Waals surface area (Å²) < 4.78 is 13.6. The fourth-order valence-corrected chi connectivity index (χ4v) is 5.16. The van der Waals surface area contributed by atoms with E-state index in [1.165, 1.54) is 24.3 Å². The standard InChI is InChI=1S/C26H19FN4O2/c27-19-8-5-18(6-9-19)24(32)23-22(17-11-13-30-14-12-17)26(15-28,25(29)33)21-10-7-16-3-1-2-4-20(16)31(21)23/h1-14,21-23H,(H2,29,33)/t21-,22+,23+,26+/m0/s1. The van der Waals surface area contributed by atoms with Crippen molar-refractivity contribution >= 4 is 23.5 Å². The molecule has 7 heteroatoms. The Labute approximate surface area is 189 Å². The summed E-state index contributed by atoms with van der Waals surface area (Å²) in [5, 5.41) is 10.4. The van der Waals surface area contributed by atoms with E-state index in [1.54, 1.807) is 30.6 Å². The number of pyridine rings is 1. The molecule has 2 N–H and O–H groups in total. The highest BCUT2D eigenvalue weighted by Gasteiger charge is 2.65. The molecule has 0 saturated carbocycles. The highest BCUT2D eigenvalue weighted by molar-refractivity contribution is 6.06. The molecular weight excluding hydrogens is 419 g/mol. The van der Waals surface area contributed by atoms with Gasteiger partial charge in [-0.3, -0.25) is 14.6 Å². The monoisotopic (exact) mass is 438 g/mol. The number of benzene rings is 2. The summed E-state index contributed by atoms with van der Waals surface area (Å²) in [7, 11) is 0. The van der Waals surface area contributed by atoms with Crippen LogP contribution in [0.2, 0.25) is 0 Å². The first-order valence-corrected chi connectivity index (χ1v) is 10.5. The van der Waals surface area contributed by atoms with Gasteiger partial charge in [0.15, 0.2) is 11.2 Å². The Morgan fingerprint density at radius 3 is 2.42 bits per heavy atom. The Hall–Kier alpha value is -4.31. The van der Waals surface area contributed by atoms with Crippen molar-refractivity contribution in [2.24, 2.45) is 11.1 Å². The van der Waals surface area contributed by atoms with Gasteiger partial charge in [-0.15, -0.1) is 0 Å². The third-order valence-corrected chi connectivity index (χ3v) is 6.60. The largest absolute Gasteiger partial charge is 0.368 e. The number of rotatable bonds is 4. The lowest BCUT2D eigenvalue weighted by atomic mass is 9.67. The van der Waals surface area contributed by atoms with Crippen LogP contribution in [0.15, 0.2) is 79.1 Å². The number of halogens is 1. The molecule has 0 radical (unpaired) electrons. The zero-order valence-corrected chi connectivity index (χ0v) is 17.4. The van der Waals surface area contributed by atoms with Gasteiger partial charge in [0, 0.05) is 29.6 Å². The molecule has 2 aliphatic heterocycles. The molecule has 5 rings (SSSR count). The van der Waals surface area contributed by atoms with Crippen LogP contribution in [-0.2, 0) is 4.79 Å². The van der Waals surface area contributed by atoms with Crippen LogP contribution in [0.5, 0.6) is 0 Å². The van der Waals surface area contributed by atoms with Crippen molar-refractivity contribution in [2.75, 3.05) is 4.90 Å². The quantitative estimate of drug-likeness (QED) is 0.629. The molecule has 0 bridgehead atoms. The molecular formula is C26H19FN4O2. The summed E-state index contributed by atoms with van der Waals surface area (Å²) in [6.07, 6.45) is 6.72. The van der Waals surface area contributed by atoms with Crippen molar-refractivity contribution in [1.82, 2.24) is 4.98 Å². The van der Waals surface area contributed by atoms with Gasteiger partial charge in [0.25, 0.3) is 0 Å². The van der Waals surface area contributed by atoms with Gasteiger partial charge in [0.2, 0.25) is 5.91 Å². The van der Waals surface area contributed by atoms with E-state index in [0.29, 0.717) is 5.56 Å². The zero-order valence-electron chi connectivity index (χ0n) is 17.4. The first-order valence-electron chi connectivity index (χ1n) is 10.5. The number of Topliss-reactive ketones (excluding diaryl/α,β-unsaturated/α-hetero) is 1. The third kappa shape index (κ3) is 2.95. The smallest absolute Gasteiger partial charge is 0.241 e. The molecule has 0 unspecified atom stereocenters. The normalized spacial score (nSPS) is 25.1. The number of fused-ring (bicyclic) bond motifs is 3. The third-order valence-electron chi connectivity index (χ3n) is 6.60. The number of nitriles is 1. The Bertz CT molecular complexity index is 1320. The first kappa shape index (κ1) is 20.6. The van der Waals surface area contributed by atoms with Crippen LogP contribution in [-0.4, -0.2) is 28.8 Å². The molecule has 162 valence electrons. The number of carbonyl (C=O) groups is 2. The van der Waals surface area contributed by atoms with Gasteiger partial charge in [0.1, 0.15) is 11.9 Å². The van der Waals surface area contributed by atoms with Gasteiger partial charge in [-0.2, -0.15) is 5.26 Å². The second-order valence-electron chi connectivity index (χ2n) is 8.19. The first-order chi connectivity index (χ1) is 16.0. The summed E-state index contributed by atoms with van der Waals surface area (Å²) in [6.45, 7) is 0. The van der Waals surface area contributed by atoms with E-state index in [4.69, 9.17) is 5.73 Å². The number of ketones is 1. The van der Waals surface area contributed by atoms with Gasteiger partial charge in [-0.05, 0) is 53.6 Å². The SMILES string of the molecule is N#C[C@]1(C(N)=O)[C@H](c2ccncc2)[C@H](C(=O)c2ccc(F)cc2)N2c3ccccc3C=C[C@H]21. The topological polar surface area (TPSA) is 100 Å². The van der Waals surface area contributed by atoms with Gasteiger partial charge < -0.3 is 10.6 Å². The predicted octanol–water partition coefficient (Wildman–Crippen LogP) is 3.47. The molecule has 1 fully saturated rings. The minimum atomic E-state index is -1.72. The van der Waals surface area contributed by atoms with Crippen molar-refractivity contribution in [3.05, 3.63) is 102 Å². The molecule has 2 aliphatic rings. The Balaban J connectivity index is 1.80. The molecule has 4 atom stereocenters. The van der Waals surface area contributed by atoms with Gasteiger partial charge >= 0.3 is 0 Å². The Morgan fingerprint density at radius 1 is 1.06 bits per heavy atom. The van der Waals surface area contributed by atoms with Gasteiger partial charge in [-0.1, -0.05) is 30.4 Å². The van der Waals surface area contributed by atoms with Gasteiger partial charge in [-0.25, -0.2) is 4.39 Å². The minimum Gasteiger partial charge on any atom is -0.368 e. The summed E-state index contributed by atoms with van der Waals surface area (Å²) in [5.74, 6) is -2.47. The maximum atomic E-state index is 14.0. The van der Waals surface area contributed by atoms with Crippen molar-refractivity contribution in [3.63, 3.8) is 0 Å². The maximum Gasteiger partial charge on any atom is 0.241 e. The van der Waals surface area contributed by atoms with Crippen LogP contribution >= 0.6 is 0 Å². The van der Waals surface area contributed by atoms with Crippen molar-refractivity contribution < 1.29 is 14.0 Å². The van der Waals surface area contributed by atoms with E-state index in [0.717, 1.165) is 11.3 Å². The zero-order chi connectivity index (χ0) is 23.2. The van der Waals surface area contributed by atoms with E-state index in [1.807, 2.05) is 35.2 Å². The second kappa shape index (κ2) is 7.68. The number of anilines is 1. The van der Waals surface area contributed by atoms with Crippen molar-refractivity contribution in [1.29, 1.82) is 5.26 Å². The molecule has 0 spiro atoms. The van der Waals surface area contributed by atoms with Crippen LogP contribution in [0.1, 0.15) is 27.4 Å². The maximum absolute atomic E-state index is 14.0. The van der Waals surface area contributed by atoms with E-state index in [2.05, 4.69) is 11.1 Å². The fourth-order valence-electron chi connectivity index (χ4n) is 5.16. The summed E-state index contributed by atoms with van der Waals surface area (Å²) in [4.78, 5) is 32.9. The number of aromatic nitrogens is 1. The number of primary amides is 1. The highest BCUT2D eigenvalue weighted by atomic mass is 19.1. The lowest BCUT2D eigenvalue weighted by Crippen LogP contribution is -2.49. The molecule has 0 aliphatic carbocycles. The van der Waals surface area contributed by atoms with Crippen LogP contribution in [0.4, 0.5) is 10.1 Å². The van der Waals surface area contributed by atoms with Gasteiger partial charge in [0.05, 0.1) is 12.1 Å². The molecule has 6 nitrogen and oxygen atoms in total. The predicted molar refractivity (Wildman–Crippen MR) is 120 cm³/mol. The van der Waals surface area contributed by atoms with E-state index in [9.17, 15) is 19.2 Å².